The number of halogens is 3. The van der Waals surface area contributed by atoms with E-state index in [0.717, 1.165) is 8.95 Å². The van der Waals surface area contributed by atoms with E-state index in [1.807, 2.05) is 6.92 Å². The Morgan fingerprint density at radius 3 is 2.42 bits per heavy atom. The number of anilines is 1. The molecule has 0 spiro atoms. The third kappa shape index (κ3) is 5.70. The Morgan fingerprint density at radius 2 is 1.81 bits per heavy atom. The predicted octanol–water partition coefficient (Wildman–Crippen LogP) is 5.99. The largest absolute Gasteiger partial charge is 0.506 e. The van der Waals surface area contributed by atoms with Gasteiger partial charge in [-0.1, -0.05) is 38.8 Å². The van der Waals surface area contributed by atoms with Crippen LogP contribution in [-0.4, -0.2) is 22.9 Å². The van der Waals surface area contributed by atoms with Crippen molar-refractivity contribution in [1.82, 2.24) is 0 Å². The first-order valence-corrected chi connectivity index (χ1v) is 10.2. The number of aromatic hydroxyl groups is 1. The summed E-state index contributed by atoms with van der Waals surface area (Å²) in [6.07, 6.45) is -0.955. The van der Waals surface area contributed by atoms with E-state index in [4.69, 9.17) is 4.74 Å². The molecule has 140 valence electrons. The van der Waals surface area contributed by atoms with Crippen LogP contribution < -0.4 is 5.32 Å². The van der Waals surface area contributed by atoms with Gasteiger partial charge in [0.25, 0.3) is 0 Å². The lowest BCUT2D eigenvalue weighted by atomic mass is 9.94. The summed E-state index contributed by atoms with van der Waals surface area (Å²) in [6.45, 7) is 1.80. The highest BCUT2D eigenvalue weighted by Gasteiger charge is 2.27. The number of benzene rings is 2. The number of phenolic OH excluding ortho intramolecular Hbond substituents is 1. The van der Waals surface area contributed by atoms with Crippen LogP contribution in [0.5, 0.6) is 5.75 Å². The summed E-state index contributed by atoms with van der Waals surface area (Å²) in [4.78, 5) is 12.4. The highest BCUT2D eigenvalue weighted by atomic mass is 79.9. The van der Waals surface area contributed by atoms with Crippen LogP contribution >= 0.6 is 47.8 Å². The van der Waals surface area contributed by atoms with E-state index in [2.05, 4.69) is 53.1 Å². The van der Waals surface area contributed by atoms with Crippen LogP contribution in [0.1, 0.15) is 25.0 Å². The Morgan fingerprint density at radius 1 is 1.15 bits per heavy atom. The van der Waals surface area contributed by atoms with Crippen LogP contribution in [0.25, 0.3) is 0 Å². The van der Waals surface area contributed by atoms with E-state index in [-0.39, 0.29) is 18.3 Å². The molecule has 0 bridgehead atoms. The molecule has 2 aromatic carbocycles. The molecular formula is C18H18Br3NO4. The molecule has 2 rings (SSSR count). The fourth-order valence-corrected chi connectivity index (χ4v) is 3.96. The molecule has 0 radical (unpaired) electrons. The second-order valence-corrected chi connectivity index (χ2v) is 8.46. The molecule has 2 aromatic rings. The molecule has 0 unspecified atom stereocenters. The summed E-state index contributed by atoms with van der Waals surface area (Å²) in [6, 6.07) is 10.5. The third-order valence-corrected chi connectivity index (χ3v) is 5.38. The number of rotatable bonds is 6. The lowest BCUT2D eigenvalue weighted by Crippen LogP contribution is -2.22. The van der Waals surface area contributed by atoms with Gasteiger partial charge in [-0.2, -0.15) is 0 Å². The van der Waals surface area contributed by atoms with E-state index in [1.165, 1.54) is 0 Å². The fourth-order valence-electron chi connectivity index (χ4n) is 2.44. The number of ether oxygens (including phenoxy) is 1. The number of nitrogens with one attached hydrogen (secondary N) is 1. The quantitative estimate of drug-likeness (QED) is 0.412. The number of aliphatic hydroxyl groups excluding tert-OH is 1. The molecule has 0 heterocycles. The minimum Gasteiger partial charge on any atom is -0.506 e. The van der Waals surface area contributed by atoms with Gasteiger partial charge in [-0.15, -0.1) is 0 Å². The molecule has 8 heteroatoms. The van der Waals surface area contributed by atoms with Crippen molar-refractivity contribution in [3.05, 3.63) is 55.4 Å². The smallest absolute Gasteiger partial charge is 0.412 e. The highest BCUT2D eigenvalue weighted by molar-refractivity contribution is 9.11. The number of carbonyl (C=O) groups is 1. The van der Waals surface area contributed by atoms with Crippen molar-refractivity contribution in [2.24, 2.45) is 5.92 Å². The average molecular weight is 552 g/mol. The van der Waals surface area contributed by atoms with Crippen LogP contribution in [-0.2, 0) is 4.74 Å². The maximum absolute atomic E-state index is 12.4. The average Bonchev–Trinajstić information content (AvgIpc) is 2.58. The van der Waals surface area contributed by atoms with Crippen molar-refractivity contribution in [3.8, 4) is 5.75 Å². The number of phenols is 1. The van der Waals surface area contributed by atoms with Crippen LogP contribution in [0.15, 0.2) is 49.8 Å². The lowest BCUT2D eigenvalue weighted by Gasteiger charge is -2.25. The van der Waals surface area contributed by atoms with Crippen molar-refractivity contribution in [3.63, 3.8) is 0 Å². The normalized spacial score (nSPS) is 13.1. The van der Waals surface area contributed by atoms with Gasteiger partial charge in [0, 0.05) is 26.8 Å². The minimum atomic E-state index is -0.730. The van der Waals surface area contributed by atoms with Crippen LogP contribution in [0, 0.1) is 5.92 Å². The Balaban J connectivity index is 2.25. The standard InChI is InChI=1S/C18H18Br3NO4/c1-10(6-7-23)17(14-8-12(20)9-15(21)16(14)24)26-18(25)22-13-4-2-11(19)3-5-13/h2-5,8-10,17,23-24H,6-7H2,1H3,(H,22,25)/t10-,17-/m0/s1. The molecule has 0 saturated heterocycles. The van der Waals surface area contributed by atoms with Crippen molar-refractivity contribution in [2.75, 3.05) is 11.9 Å². The van der Waals surface area contributed by atoms with Crippen LogP contribution in [0.4, 0.5) is 10.5 Å². The monoisotopic (exact) mass is 549 g/mol. The zero-order chi connectivity index (χ0) is 19.3. The molecule has 2 atom stereocenters. The van der Waals surface area contributed by atoms with Crippen molar-refractivity contribution >= 4 is 59.6 Å². The Labute approximate surface area is 177 Å². The molecule has 0 aliphatic rings. The number of hydrogen-bond acceptors (Lipinski definition) is 4. The molecule has 0 aliphatic carbocycles. The first-order valence-electron chi connectivity index (χ1n) is 7.83. The van der Waals surface area contributed by atoms with Gasteiger partial charge in [-0.3, -0.25) is 5.32 Å². The van der Waals surface area contributed by atoms with Gasteiger partial charge in [0.15, 0.2) is 0 Å². The van der Waals surface area contributed by atoms with E-state index in [1.54, 1.807) is 36.4 Å². The number of hydrogen-bond donors (Lipinski definition) is 3. The van der Waals surface area contributed by atoms with Crippen LogP contribution in [0.2, 0.25) is 0 Å². The summed E-state index contributed by atoms with van der Waals surface area (Å²) in [5.41, 5.74) is 1.05. The van der Waals surface area contributed by atoms with Gasteiger partial charge >= 0.3 is 6.09 Å². The second-order valence-electron chi connectivity index (χ2n) is 5.77. The molecule has 26 heavy (non-hydrogen) atoms. The molecular weight excluding hydrogens is 534 g/mol. The van der Waals surface area contributed by atoms with E-state index < -0.39 is 12.2 Å². The highest BCUT2D eigenvalue weighted by Crippen LogP contribution is 2.40. The maximum atomic E-state index is 12.4. The van der Waals surface area contributed by atoms with Gasteiger partial charge in [0.05, 0.1) is 4.47 Å². The number of aliphatic hydroxyl groups is 1. The van der Waals surface area contributed by atoms with Crippen molar-refractivity contribution in [1.29, 1.82) is 0 Å². The van der Waals surface area contributed by atoms with Gasteiger partial charge in [-0.05, 0) is 64.7 Å². The Kier molecular flexibility index (Phi) is 7.94. The Bertz CT molecular complexity index is 768. The van der Waals surface area contributed by atoms with Gasteiger partial charge in [0.1, 0.15) is 11.9 Å². The number of carbonyl (C=O) groups excluding carboxylic acids is 1. The van der Waals surface area contributed by atoms with Crippen molar-refractivity contribution < 1.29 is 19.7 Å². The Hall–Kier alpha value is -1.09. The van der Waals surface area contributed by atoms with E-state index in [0.29, 0.717) is 22.1 Å². The summed E-state index contributed by atoms with van der Waals surface area (Å²) < 4.78 is 7.72. The maximum Gasteiger partial charge on any atom is 0.412 e. The first kappa shape index (κ1) is 21.2. The molecule has 0 aliphatic heterocycles. The second kappa shape index (κ2) is 9.73. The van der Waals surface area contributed by atoms with E-state index >= 15 is 0 Å². The molecule has 1 amide bonds. The van der Waals surface area contributed by atoms with Crippen molar-refractivity contribution in [2.45, 2.75) is 19.4 Å². The summed E-state index contributed by atoms with van der Waals surface area (Å²) >= 11 is 10.0. The lowest BCUT2D eigenvalue weighted by molar-refractivity contribution is 0.0651. The first-order chi connectivity index (χ1) is 12.3. The van der Waals surface area contributed by atoms with Gasteiger partial charge in [0.2, 0.25) is 0 Å². The zero-order valence-corrected chi connectivity index (χ0v) is 18.6. The molecule has 3 N–H and O–H groups in total. The number of amides is 1. The molecule has 0 aromatic heterocycles. The molecule has 0 fully saturated rings. The molecule has 0 saturated carbocycles. The topological polar surface area (TPSA) is 78.8 Å². The zero-order valence-electron chi connectivity index (χ0n) is 13.9. The molecule has 5 nitrogen and oxygen atoms in total. The summed E-state index contributed by atoms with van der Waals surface area (Å²) in [5, 5.41) is 22.3. The minimum absolute atomic E-state index is 0.000526. The summed E-state index contributed by atoms with van der Waals surface area (Å²) in [7, 11) is 0. The SMILES string of the molecule is C[C@@H](CCO)[C@H](OC(=O)Nc1ccc(Br)cc1)c1cc(Br)cc(Br)c1O. The third-order valence-electron chi connectivity index (χ3n) is 3.79. The predicted molar refractivity (Wildman–Crippen MR) is 111 cm³/mol. The van der Waals surface area contributed by atoms with Gasteiger partial charge < -0.3 is 14.9 Å². The van der Waals surface area contributed by atoms with Gasteiger partial charge in [-0.25, -0.2) is 4.79 Å². The fraction of sp³-hybridized carbons (Fsp3) is 0.278. The van der Waals surface area contributed by atoms with E-state index in [9.17, 15) is 15.0 Å². The summed E-state index contributed by atoms with van der Waals surface area (Å²) in [5.74, 6) is -0.206. The van der Waals surface area contributed by atoms with Crippen LogP contribution in [0.3, 0.4) is 0 Å².